The van der Waals surface area contributed by atoms with E-state index < -0.39 is 25.5 Å². The third-order valence-electron chi connectivity index (χ3n) is 4.42. The molecule has 0 spiro atoms. The Morgan fingerprint density at radius 3 is 2.44 bits per heavy atom. The average Bonchev–Trinajstić information content (AvgIpc) is 2.60. The lowest BCUT2D eigenvalue weighted by atomic mass is 9.97. The second kappa shape index (κ2) is 7.61. The highest BCUT2D eigenvalue weighted by Gasteiger charge is 2.36. The first-order valence-electron chi connectivity index (χ1n) is 8.34. The molecule has 146 valence electrons. The standard InChI is InChI=1S/C18H22FN3O4S/c1-4-9-21-27(25,26)18(2,3)13-6-7-14(15(19)11-13)12-5-8-16(20)17(10-12)22(23)24/h5-8,10-11,21H,4,9,20H2,1-3H3. The predicted octanol–water partition coefficient (Wildman–Crippen LogP) is 3.55. The number of rotatable bonds is 7. The van der Waals surface area contributed by atoms with Gasteiger partial charge in [-0.2, -0.15) is 0 Å². The summed E-state index contributed by atoms with van der Waals surface area (Å²) < 4.78 is 40.9. The van der Waals surface area contributed by atoms with Crippen molar-refractivity contribution in [2.45, 2.75) is 31.9 Å². The van der Waals surface area contributed by atoms with Crippen LogP contribution in [0.15, 0.2) is 36.4 Å². The molecule has 0 aromatic heterocycles. The zero-order chi connectivity index (χ0) is 20.4. The molecule has 0 aliphatic heterocycles. The van der Waals surface area contributed by atoms with Crippen LogP contribution in [-0.2, 0) is 14.8 Å². The van der Waals surface area contributed by atoms with Crippen molar-refractivity contribution >= 4 is 21.4 Å². The SMILES string of the molecule is CCCNS(=O)(=O)C(C)(C)c1ccc(-c2ccc(N)c([N+](=O)[O-])c2)c(F)c1. The van der Waals surface area contributed by atoms with E-state index in [2.05, 4.69) is 4.72 Å². The Kier molecular flexibility index (Phi) is 5.86. The number of hydrogen-bond donors (Lipinski definition) is 2. The first-order chi connectivity index (χ1) is 12.5. The Morgan fingerprint density at radius 2 is 1.89 bits per heavy atom. The summed E-state index contributed by atoms with van der Waals surface area (Å²) in [5, 5.41) is 11.0. The number of nitro groups is 1. The van der Waals surface area contributed by atoms with Crippen molar-refractivity contribution in [2.75, 3.05) is 12.3 Å². The van der Waals surface area contributed by atoms with E-state index in [1.807, 2.05) is 6.92 Å². The molecular weight excluding hydrogens is 373 g/mol. The van der Waals surface area contributed by atoms with Gasteiger partial charge in [-0.25, -0.2) is 17.5 Å². The number of anilines is 1. The van der Waals surface area contributed by atoms with Crippen molar-refractivity contribution in [1.29, 1.82) is 0 Å². The molecule has 0 heterocycles. The summed E-state index contributed by atoms with van der Waals surface area (Å²) in [6.07, 6.45) is 0.637. The van der Waals surface area contributed by atoms with Crippen LogP contribution in [0.2, 0.25) is 0 Å². The Labute approximate surface area is 157 Å². The first-order valence-corrected chi connectivity index (χ1v) is 9.83. The zero-order valence-electron chi connectivity index (χ0n) is 15.3. The molecule has 0 aliphatic rings. The molecule has 0 atom stereocenters. The number of nitrogens with zero attached hydrogens (tertiary/aromatic N) is 1. The van der Waals surface area contributed by atoms with Gasteiger partial charge >= 0.3 is 0 Å². The second-order valence-electron chi connectivity index (χ2n) is 6.63. The van der Waals surface area contributed by atoms with E-state index in [0.29, 0.717) is 13.0 Å². The second-order valence-corrected chi connectivity index (χ2v) is 8.95. The summed E-state index contributed by atoms with van der Waals surface area (Å²) in [4.78, 5) is 10.4. The zero-order valence-corrected chi connectivity index (χ0v) is 16.1. The summed E-state index contributed by atoms with van der Waals surface area (Å²) in [5.74, 6) is -0.676. The van der Waals surface area contributed by atoms with Crippen LogP contribution in [0.4, 0.5) is 15.8 Å². The maximum Gasteiger partial charge on any atom is 0.292 e. The Hall–Kier alpha value is -2.52. The van der Waals surface area contributed by atoms with Gasteiger partial charge in [-0.3, -0.25) is 10.1 Å². The van der Waals surface area contributed by atoms with Crippen LogP contribution in [0.3, 0.4) is 0 Å². The van der Waals surface area contributed by atoms with E-state index >= 15 is 0 Å². The van der Waals surface area contributed by atoms with E-state index in [0.717, 1.165) is 6.07 Å². The van der Waals surface area contributed by atoms with E-state index in [9.17, 15) is 22.9 Å². The lowest BCUT2D eigenvalue weighted by molar-refractivity contribution is -0.383. The Morgan fingerprint density at radius 1 is 1.22 bits per heavy atom. The van der Waals surface area contributed by atoms with Gasteiger partial charge in [0.15, 0.2) is 0 Å². The third kappa shape index (κ3) is 4.09. The number of sulfonamides is 1. The monoisotopic (exact) mass is 395 g/mol. The fourth-order valence-electron chi connectivity index (χ4n) is 2.57. The quantitative estimate of drug-likeness (QED) is 0.423. The lowest BCUT2D eigenvalue weighted by Crippen LogP contribution is -2.40. The molecule has 2 rings (SSSR count). The number of nitro benzene ring substituents is 1. The highest BCUT2D eigenvalue weighted by Crippen LogP contribution is 2.34. The summed E-state index contributed by atoms with van der Waals surface area (Å²) in [5.41, 5.74) is 5.91. The molecule has 3 N–H and O–H groups in total. The molecule has 0 saturated carbocycles. The van der Waals surface area contributed by atoms with E-state index in [1.165, 1.54) is 44.2 Å². The van der Waals surface area contributed by atoms with Crippen LogP contribution in [0.25, 0.3) is 11.1 Å². The highest BCUT2D eigenvalue weighted by atomic mass is 32.2. The minimum absolute atomic E-state index is 0.0185. The maximum atomic E-state index is 14.7. The average molecular weight is 395 g/mol. The minimum atomic E-state index is -3.72. The van der Waals surface area contributed by atoms with Crippen molar-refractivity contribution in [3.63, 3.8) is 0 Å². The van der Waals surface area contributed by atoms with Crippen LogP contribution >= 0.6 is 0 Å². The Balaban J connectivity index is 2.47. The Bertz CT molecular complexity index is 975. The van der Waals surface area contributed by atoms with E-state index in [-0.39, 0.29) is 28.1 Å². The molecule has 0 radical (unpaired) electrons. The van der Waals surface area contributed by atoms with Gasteiger partial charge in [0.05, 0.1) is 4.92 Å². The smallest absolute Gasteiger partial charge is 0.292 e. The van der Waals surface area contributed by atoms with Gasteiger partial charge in [0.25, 0.3) is 5.69 Å². The topological polar surface area (TPSA) is 115 Å². The lowest BCUT2D eigenvalue weighted by Gasteiger charge is -2.26. The van der Waals surface area contributed by atoms with Gasteiger partial charge in [-0.05, 0) is 43.5 Å². The van der Waals surface area contributed by atoms with Crippen molar-refractivity contribution in [3.05, 3.63) is 57.9 Å². The van der Waals surface area contributed by atoms with Crippen LogP contribution < -0.4 is 10.5 Å². The van der Waals surface area contributed by atoms with Gasteiger partial charge in [0, 0.05) is 18.2 Å². The highest BCUT2D eigenvalue weighted by molar-refractivity contribution is 7.90. The predicted molar refractivity (Wildman–Crippen MR) is 103 cm³/mol. The van der Waals surface area contributed by atoms with Crippen LogP contribution in [0.5, 0.6) is 0 Å². The molecule has 0 unspecified atom stereocenters. The van der Waals surface area contributed by atoms with Crippen molar-refractivity contribution in [3.8, 4) is 11.1 Å². The molecule has 0 saturated heterocycles. The van der Waals surface area contributed by atoms with Gasteiger partial charge in [0.1, 0.15) is 16.3 Å². The summed E-state index contributed by atoms with van der Waals surface area (Å²) in [7, 11) is -3.72. The number of nitrogen functional groups attached to an aromatic ring is 1. The largest absolute Gasteiger partial charge is 0.393 e. The summed E-state index contributed by atoms with van der Waals surface area (Å²) in [6.45, 7) is 5.12. The first kappa shape index (κ1) is 20.8. The molecule has 9 heteroatoms. The molecule has 7 nitrogen and oxygen atoms in total. The molecular formula is C18H22FN3O4S. The van der Waals surface area contributed by atoms with Crippen molar-refractivity contribution in [1.82, 2.24) is 4.72 Å². The summed E-state index contributed by atoms with van der Waals surface area (Å²) >= 11 is 0. The van der Waals surface area contributed by atoms with Gasteiger partial charge in [0.2, 0.25) is 10.0 Å². The number of nitrogens with one attached hydrogen (secondary N) is 1. The maximum absolute atomic E-state index is 14.7. The number of halogens is 1. The van der Waals surface area contributed by atoms with E-state index in [4.69, 9.17) is 5.73 Å². The van der Waals surface area contributed by atoms with Gasteiger partial charge in [-0.1, -0.05) is 25.1 Å². The molecule has 0 fully saturated rings. The van der Waals surface area contributed by atoms with Crippen LogP contribution in [0.1, 0.15) is 32.8 Å². The van der Waals surface area contributed by atoms with Crippen LogP contribution in [0, 0.1) is 15.9 Å². The normalized spacial score (nSPS) is 12.1. The fraction of sp³-hybridized carbons (Fsp3) is 0.333. The summed E-state index contributed by atoms with van der Waals surface area (Å²) in [6, 6.07) is 8.07. The third-order valence-corrected chi connectivity index (χ3v) is 6.58. The molecule has 2 aromatic carbocycles. The molecule has 0 bridgehead atoms. The number of hydrogen-bond acceptors (Lipinski definition) is 5. The van der Waals surface area contributed by atoms with Crippen LogP contribution in [-0.4, -0.2) is 19.9 Å². The van der Waals surface area contributed by atoms with E-state index in [1.54, 1.807) is 0 Å². The molecule has 0 aliphatic carbocycles. The minimum Gasteiger partial charge on any atom is -0.393 e. The molecule has 2 aromatic rings. The molecule has 0 amide bonds. The van der Waals surface area contributed by atoms with Gasteiger partial charge < -0.3 is 5.73 Å². The molecule has 27 heavy (non-hydrogen) atoms. The number of benzene rings is 2. The van der Waals surface area contributed by atoms with Crippen molar-refractivity contribution < 1.29 is 17.7 Å². The van der Waals surface area contributed by atoms with Gasteiger partial charge in [-0.15, -0.1) is 0 Å². The fourth-order valence-corrected chi connectivity index (χ4v) is 3.84. The number of nitrogens with two attached hydrogens (primary N) is 1. The van der Waals surface area contributed by atoms with Crippen molar-refractivity contribution in [2.24, 2.45) is 0 Å².